The van der Waals surface area contributed by atoms with Crippen LogP contribution >= 0.6 is 0 Å². The van der Waals surface area contributed by atoms with Gasteiger partial charge in [-0.3, -0.25) is 9.59 Å². The van der Waals surface area contributed by atoms with Crippen molar-refractivity contribution in [2.45, 2.75) is 13.8 Å². The van der Waals surface area contributed by atoms with Gasteiger partial charge in [-0.1, -0.05) is 60.8 Å². The largest absolute Gasteiger partial charge is 0.294 e. The second kappa shape index (κ2) is 5.55. The van der Waals surface area contributed by atoms with Gasteiger partial charge in [0.25, 0.3) is 0 Å². The quantitative estimate of drug-likeness (QED) is 0.675. The molecule has 0 heterocycles. The maximum absolute atomic E-state index is 12.5. The Balaban J connectivity index is 1.93. The molecule has 0 saturated carbocycles. The summed E-state index contributed by atoms with van der Waals surface area (Å²) in [7, 11) is 0. The van der Waals surface area contributed by atoms with E-state index in [4.69, 9.17) is 0 Å². The van der Waals surface area contributed by atoms with E-state index >= 15 is 0 Å². The summed E-state index contributed by atoms with van der Waals surface area (Å²) in [5, 5.41) is 0. The van der Waals surface area contributed by atoms with E-state index in [1.54, 1.807) is 0 Å². The first-order valence-electron chi connectivity index (χ1n) is 8.47. The van der Waals surface area contributed by atoms with Gasteiger partial charge in [0.1, 0.15) is 0 Å². The van der Waals surface area contributed by atoms with Crippen LogP contribution in [-0.4, -0.2) is 11.6 Å². The lowest BCUT2D eigenvalue weighted by Crippen LogP contribution is -2.33. The molecule has 0 radical (unpaired) electrons. The van der Waals surface area contributed by atoms with Crippen LogP contribution in [0.3, 0.4) is 0 Å². The van der Waals surface area contributed by atoms with Gasteiger partial charge >= 0.3 is 0 Å². The molecule has 4 atom stereocenters. The molecule has 0 aromatic rings. The summed E-state index contributed by atoms with van der Waals surface area (Å²) in [6, 6.07) is 0. The minimum absolute atomic E-state index is 0.0680. The third-order valence-corrected chi connectivity index (χ3v) is 5.45. The molecule has 24 heavy (non-hydrogen) atoms. The number of hydrogen-bond acceptors (Lipinski definition) is 2. The molecule has 4 unspecified atom stereocenters. The molecule has 0 amide bonds. The Morgan fingerprint density at radius 3 is 1.29 bits per heavy atom. The normalized spacial score (nSPS) is 37.1. The smallest absolute Gasteiger partial charge is 0.166 e. The molecule has 0 spiro atoms. The minimum atomic E-state index is -0.115. The number of hydrogen-bond donors (Lipinski definition) is 0. The molecule has 0 aliphatic heterocycles. The average molecular weight is 316 g/mol. The second-order valence-electron chi connectivity index (χ2n) is 6.94. The molecule has 2 nitrogen and oxygen atoms in total. The van der Waals surface area contributed by atoms with Gasteiger partial charge in [-0.05, 0) is 36.1 Å². The topological polar surface area (TPSA) is 34.1 Å². The van der Waals surface area contributed by atoms with E-state index in [9.17, 15) is 9.59 Å². The van der Waals surface area contributed by atoms with Crippen molar-refractivity contribution in [3.63, 3.8) is 0 Å². The summed E-state index contributed by atoms with van der Waals surface area (Å²) in [5.74, 6) is 0.309. The molecule has 4 aliphatic rings. The molecule has 0 aromatic carbocycles. The highest BCUT2D eigenvalue weighted by Gasteiger charge is 2.38. The lowest BCUT2D eigenvalue weighted by atomic mass is 9.67. The zero-order chi connectivity index (χ0) is 16.8. The van der Waals surface area contributed by atoms with Gasteiger partial charge in [-0.15, -0.1) is 0 Å². The lowest BCUT2D eigenvalue weighted by Gasteiger charge is -2.36. The summed E-state index contributed by atoms with van der Waals surface area (Å²) in [6.45, 7) is 3.79. The van der Waals surface area contributed by atoms with Crippen LogP contribution < -0.4 is 0 Å². The Morgan fingerprint density at radius 1 is 0.583 bits per heavy atom. The molecule has 0 saturated heterocycles. The number of fused-ring (bicyclic) bond motifs is 2. The minimum Gasteiger partial charge on any atom is -0.294 e. The van der Waals surface area contributed by atoms with Crippen molar-refractivity contribution in [3.05, 3.63) is 83.1 Å². The number of ketones is 2. The zero-order valence-corrected chi connectivity index (χ0v) is 13.9. The molecule has 0 bridgehead atoms. The SMILES string of the molecule is CC1=C/C(=C2/C=C(C)C(=O)C3C=CC=CC23)C2C=CC=CC2C1=O. The van der Waals surface area contributed by atoms with E-state index in [0.29, 0.717) is 0 Å². The Morgan fingerprint density at radius 2 is 0.917 bits per heavy atom. The number of allylic oxidation sites excluding steroid dienone is 14. The van der Waals surface area contributed by atoms with Crippen molar-refractivity contribution in [2.24, 2.45) is 23.7 Å². The molecule has 0 N–H and O–H groups in total. The Kier molecular flexibility index (Phi) is 3.49. The molecular formula is C22H20O2. The molecule has 120 valence electrons. The fourth-order valence-electron chi connectivity index (χ4n) is 4.19. The molecule has 4 aliphatic carbocycles. The van der Waals surface area contributed by atoms with Gasteiger partial charge in [0.05, 0.1) is 11.8 Å². The van der Waals surface area contributed by atoms with E-state index in [2.05, 4.69) is 12.2 Å². The average Bonchev–Trinajstić information content (AvgIpc) is 2.61. The molecular weight excluding hydrogens is 296 g/mol. The maximum Gasteiger partial charge on any atom is 0.166 e. The molecule has 4 rings (SSSR count). The number of carbonyl (C=O) groups excluding carboxylic acids is 2. The highest BCUT2D eigenvalue weighted by atomic mass is 16.1. The molecule has 2 heteroatoms. The van der Waals surface area contributed by atoms with Crippen LogP contribution in [0.2, 0.25) is 0 Å². The van der Waals surface area contributed by atoms with E-state index < -0.39 is 0 Å². The van der Waals surface area contributed by atoms with Gasteiger partial charge < -0.3 is 0 Å². The van der Waals surface area contributed by atoms with Crippen molar-refractivity contribution in [2.75, 3.05) is 0 Å². The van der Waals surface area contributed by atoms with Crippen molar-refractivity contribution in [3.8, 4) is 0 Å². The third kappa shape index (κ3) is 2.17. The summed E-state index contributed by atoms with van der Waals surface area (Å²) < 4.78 is 0. The predicted octanol–water partition coefficient (Wildman–Crippen LogP) is 4.06. The van der Waals surface area contributed by atoms with Crippen molar-refractivity contribution in [1.82, 2.24) is 0 Å². The fourth-order valence-corrected chi connectivity index (χ4v) is 4.19. The Labute approximate surface area is 142 Å². The number of carbonyl (C=O) groups is 2. The summed E-state index contributed by atoms with van der Waals surface area (Å²) >= 11 is 0. The highest BCUT2D eigenvalue weighted by molar-refractivity contribution is 6.02. The first kappa shape index (κ1) is 15.1. The van der Waals surface area contributed by atoms with Crippen LogP contribution in [-0.2, 0) is 9.59 Å². The fraction of sp³-hybridized carbons (Fsp3) is 0.273. The molecule has 0 aromatic heterocycles. The van der Waals surface area contributed by atoms with Crippen LogP contribution in [0.5, 0.6) is 0 Å². The highest BCUT2D eigenvalue weighted by Crippen LogP contribution is 2.43. The van der Waals surface area contributed by atoms with Gasteiger partial charge in [-0.2, -0.15) is 0 Å². The second-order valence-corrected chi connectivity index (χ2v) is 6.94. The van der Waals surface area contributed by atoms with Crippen LogP contribution in [0.4, 0.5) is 0 Å². The van der Waals surface area contributed by atoms with E-state index in [1.807, 2.05) is 62.5 Å². The van der Waals surface area contributed by atoms with Crippen LogP contribution in [0.25, 0.3) is 0 Å². The summed E-state index contributed by atoms with van der Waals surface area (Å²) in [6.07, 6.45) is 20.2. The third-order valence-electron chi connectivity index (χ3n) is 5.45. The zero-order valence-electron chi connectivity index (χ0n) is 13.9. The van der Waals surface area contributed by atoms with Crippen LogP contribution in [0.15, 0.2) is 83.1 Å². The lowest BCUT2D eigenvalue weighted by molar-refractivity contribution is -0.119. The van der Waals surface area contributed by atoms with Crippen molar-refractivity contribution in [1.29, 1.82) is 0 Å². The predicted molar refractivity (Wildman–Crippen MR) is 95.1 cm³/mol. The van der Waals surface area contributed by atoms with Crippen LogP contribution in [0.1, 0.15) is 13.8 Å². The van der Waals surface area contributed by atoms with Crippen molar-refractivity contribution < 1.29 is 9.59 Å². The Bertz CT molecular complexity index is 769. The first-order chi connectivity index (χ1) is 11.6. The van der Waals surface area contributed by atoms with E-state index in [-0.39, 0.29) is 35.2 Å². The van der Waals surface area contributed by atoms with Gasteiger partial charge in [0.15, 0.2) is 11.6 Å². The van der Waals surface area contributed by atoms with Gasteiger partial charge in [0.2, 0.25) is 0 Å². The molecule has 0 fully saturated rings. The van der Waals surface area contributed by atoms with Crippen molar-refractivity contribution >= 4 is 11.6 Å². The number of Topliss-reactive ketones (excluding diaryl/α,β-unsaturated/α-hetero) is 2. The Hall–Kier alpha value is -2.48. The monoisotopic (exact) mass is 316 g/mol. The van der Waals surface area contributed by atoms with E-state index in [0.717, 1.165) is 11.1 Å². The van der Waals surface area contributed by atoms with Crippen LogP contribution in [0, 0.1) is 23.7 Å². The maximum atomic E-state index is 12.5. The first-order valence-corrected chi connectivity index (χ1v) is 8.47. The van der Waals surface area contributed by atoms with E-state index in [1.165, 1.54) is 11.1 Å². The van der Waals surface area contributed by atoms with Gasteiger partial charge in [-0.25, -0.2) is 0 Å². The standard InChI is InChI=1S/C22H20O2/c1-13-11-19(15-7-3-5-9-17(15)21(13)23)20-12-14(2)22(24)18-10-6-4-8-16(18)20/h3-12,15-18H,1-2H3/b20-19+. The number of rotatable bonds is 0. The van der Waals surface area contributed by atoms with Gasteiger partial charge in [0, 0.05) is 11.8 Å². The summed E-state index contributed by atoms with van der Waals surface area (Å²) in [5.41, 5.74) is 3.96. The summed E-state index contributed by atoms with van der Waals surface area (Å²) in [4.78, 5) is 25.0.